The van der Waals surface area contributed by atoms with Gasteiger partial charge in [0, 0.05) is 36.9 Å². The molecule has 0 atom stereocenters. The lowest BCUT2D eigenvalue weighted by atomic mass is 10.0. The molecule has 0 radical (unpaired) electrons. The van der Waals surface area contributed by atoms with Crippen LogP contribution < -0.4 is 10.6 Å². The fraction of sp³-hybridized carbons (Fsp3) is 0.333. The molecule has 0 saturated carbocycles. The Morgan fingerprint density at radius 2 is 2.38 bits per heavy atom. The molecule has 3 rings (SSSR count). The summed E-state index contributed by atoms with van der Waals surface area (Å²) in [7, 11) is 0. The molecule has 6 nitrogen and oxygen atoms in total. The Kier molecular flexibility index (Phi) is 3.72. The normalized spacial score (nSPS) is 16.2. The minimum absolute atomic E-state index is 0.0630. The van der Waals surface area contributed by atoms with E-state index in [1.165, 1.54) is 0 Å². The maximum Gasteiger partial charge on any atom is 0.250 e. The first-order valence-electron chi connectivity index (χ1n) is 6.88. The molecule has 1 aliphatic heterocycles. The molecule has 21 heavy (non-hydrogen) atoms. The number of benzene rings is 1. The molecule has 1 aliphatic rings. The smallest absolute Gasteiger partial charge is 0.250 e. The van der Waals surface area contributed by atoms with Gasteiger partial charge in [-0.25, -0.2) is 4.98 Å². The SMILES string of the molecule is CC1(OCC(=O)Nc2cccc(-n3ccnc3)c2)CNC1. The van der Waals surface area contributed by atoms with Crippen molar-refractivity contribution in [2.24, 2.45) is 0 Å². The number of aromatic nitrogens is 2. The van der Waals surface area contributed by atoms with Gasteiger partial charge in [0.05, 0.1) is 11.9 Å². The molecule has 0 spiro atoms. The van der Waals surface area contributed by atoms with Gasteiger partial charge in [0.25, 0.3) is 0 Å². The summed E-state index contributed by atoms with van der Waals surface area (Å²) in [5.74, 6) is -0.147. The largest absolute Gasteiger partial charge is 0.363 e. The van der Waals surface area contributed by atoms with Crippen LogP contribution in [0.15, 0.2) is 43.0 Å². The van der Waals surface area contributed by atoms with Crippen molar-refractivity contribution in [2.75, 3.05) is 25.0 Å². The summed E-state index contributed by atoms with van der Waals surface area (Å²) in [5.41, 5.74) is 1.48. The molecule has 1 aromatic carbocycles. The summed E-state index contributed by atoms with van der Waals surface area (Å²) in [5, 5.41) is 5.98. The molecule has 0 unspecified atom stereocenters. The van der Waals surface area contributed by atoms with Crippen molar-refractivity contribution in [2.45, 2.75) is 12.5 Å². The topological polar surface area (TPSA) is 68.2 Å². The van der Waals surface area contributed by atoms with Crippen LogP contribution in [0.25, 0.3) is 5.69 Å². The quantitative estimate of drug-likeness (QED) is 0.866. The third kappa shape index (κ3) is 3.29. The van der Waals surface area contributed by atoms with Gasteiger partial charge in [-0.3, -0.25) is 4.79 Å². The number of carbonyl (C=O) groups is 1. The lowest BCUT2D eigenvalue weighted by Gasteiger charge is -2.38. The van der Waals surface area contributed by atoms with Gasteiger partial charge in [0.1, 0.15) is 6.61 Å². The minimum atomic E-state index is -0.212. The van der Waals surface area contributed by atoms with Crippen LogP contribution in [0.4, 0.5) is 5.69 Å². The van der Waals surface area contributed by atoms with Crippen LogP contribution in [0.3, 0.4) is 0 Å². The summed E-state index contributed by atoms with van der Waals surface area (Å²) in [4.78, 5) is 15.9. The van der Waals surface area contributed by atoms with Gasteiger partial charge in [-0.15, -0.1) is 0 Å². The Hall–Kier alpha value is -2.18. The maximum atomic E-state index is 11.9. The molecule has 1 fully saturated rings. The number of hydrogen-bond donors (Lipinski definition) is 2. The Bertz CT molecular complexity index is 620. The number of hydrogen-bond acceptors (Lipinski definition) is 4. The first-order valence-corrected chi connectivity index (χ1v) is 6.88. The highest BCUT2D eigenvalue weighted by Crippen LogP contribution is 2.16. The van der Waals surface area contributed by atoms with Gasteiger partial charge < -0.3 is 19.9 Å². The molecule has 1 aromatic heterocycles. The van der Waals surface area contributed by atoms with E-state index in [2.05, 4.69) is 15.6 Å². The molecular formula is C15H18N4O2. The first-order chi connectivity index (χ1) is 10.1. The first kappa shape index (κ1) is 13.8. The summed E-state index contributed by atoms with van der Waals surface area (Å²) in [6.07, 6.45) is 5.29. The Balaban J connectivity index is 1.59. The predicted octanol–water partition coefficient (Wildman–Crippen LogP) is 1.19. The van der Waals surface area contributed by atoms with Gasteiger partial charge in [0.15, 0.2) is 0 Å². The van der Waals surface area contributed by atoms with Crippen molar-refractivity contribution in [3.05, 3.63) is 43.0 Å². The van der Waals surface area contributed by atoms with Crippen molar-refractivity contribution < 1.29 is 9.53 Å². The molecule has 0 aliphatic carbocycles. The zero-order valence-electron chi connectivity index (χ0n) is 11.9. The summed E-state index contributed by atoms with van der Waals surface area (Å²) >= 11 is 0. The van der Waals surface area contributed by atoms with Crippen molar-refractivity contribution in [3.63, 3.8) is 0 Å². The zero-order chi connectivity index (χ0) is 14.7. The van der Waals surface area contributed by atoms with Crippen molar-refractivity contribution in [3.8, 4) is 5.69 Å². The average molecular weight is 286 g/mol. The fourth-order valence-corrected chi connectivity index (χ4v) is 2.17. The third-order valence-corrected chi connectivity index (χ3v) is 3.48. The zero-order valence-corrected chi connectivity index (χ0v) is 11.9. The molecule has 1 amide bonds. The fourth-order valence-electron chi connectivity index (χ4n) is 2.17. The van der Waals surface area contributed by atoms with E-state index < -0.39 is 0 Å². The number of amides is 1. The summed E-state index contributed by atoms with van der Waals surface area (Å²) in [6.45, 7) is 3.64. The predicted molar refractivity (Wildman–Crippen MR) is 79.4 cm³/mol. The van der Waals surface area contributed by atoms with Crippen molar-refractivity contribution >= 4 is 11.6 Å². The Morgan fingerprint density at radius 1 is 1.52 bits per heavy atom. The number of carbonyl (C=O) groups excluding carboxylic acids is 1. The lowest BCUT2D eigenvalue weighted by molar-refractivity contribution is -0.130. The number of nitrogens with zero attached hydrogens (tertiary/aromatic N) is 2. The number of anilines is 1. The number of imidazole rings is 1. The molecular weight excluding hydrogens is 268 g/mol. The highest BCUT2D eigenvalue weighted by Gasteiger charge is 2.32. The second-order valence-corrected chi connectivity index (χ2v) is 5.41. The van der Waals surface area contributed by atoms with Gasteiger partial charge in [-0.2, -0.15) is 0 Å². The van der Waals surface area contributed by atoms with E-state index in [1.54, 1.807) is 12.5 Å². The molecule has 6 heteroatoms. The Labute approximate surface area is 123 Å². The van der Waals surface area contributed by atoms with Crippen LogP contribution >= 0.6 is 0 Å². The number of rotatable bonds is 5. The molecule has 2 aromatic rings. The second kappa shape index (κ2) is 5.67. The van der Waals surface area contributed by atoms with E-state index in [4.69, 9.17) is 4.74 Å². The Morgan fingerprint density at radius 3 is 3.05 bits per heavy atom. The van der Waals surface area contributed by atoms with E-state index in [1.807, 2.05) is 42.0 Å². The van der Waals surface area contributed by atoms with Gasteiger partial charge in [-0.1, -0.05) is 6.07 Å². The van der Waals surface area contributed by atoms with Crippen LogP contribution in [0.2, 0.25) is 0 Å². The summed E-state index contributed by atoms with van der Waals surface area (Å²) in [6, 6.07) is 7.59. The highest BCUT2D eigenvalue weighted by molar-refractivity contribution is 5.92. The van der Waals surface area contributed by atoms with E-state index in [9.17, 15) is 4.79 Å². The third-order valence-electron chi connectivity index (χ3n) is 3.48. The number of nitrogens with one attached hydrogen (secondary N) is 2. The van der Waals surface area contributed by atoms with E-state index in [0.717, 1.165) is 24.5 Å². The molecule has 0 bridgehead atoms. The summed E-state index contributed by atoms with van der Waals surface area (Å²) < 4.78 is 7.49. The van der Waals surface area contributed by atoms with E-state index in [0.29, 0.717) is 0 Å². The van der Waals surface area contributed by atoms with Gasteiger partial charge in [0.2, 0.25) is 5.91 Å². The molecule has 2 heterocycles. The second-order valence-electron chi connectivity index (χ2n) is 5.41. The lowest BCUT2D eigenvalue weighted by Crippen LogP contribution is -2.59. The highest BCUT2D eigenvalue weighted by atomic mass is 16.5. The average Bonchev–Trinajstić information content (AvgIpc) is 2.97. The number of ether oxygens (including phenoxy) is 1. The van der Waals surface area contributed by atoms with Crippen LogP contribution in [-0.2, 0) is 9.53 Å². The van der Waals surface area contributed by atoms with Crippen LogP contribution in [0, 0.1) is 0 Å². The monoisotopic (exact) mass is 286 g/mol. The molecule has 110 valence electrons. The van der Waals surface area contributed by atoms with Crippen LogP contribution in [0.5, 0.6) is 0 Å². The molecule has 1 saturated heterocycles. The van der Waals surface area contributed by atoms with E-state index >= 15 is 0 Å². The van der Waals surface area contributed by atoms with Crippen molar-refractivity contribution in [1.29, 1.82) is 0 Å². The van der Waals surface area contributed by atoms with E-state index in [-0.39, 0.29) is 18.1 Å². The minimum Gasteiger partial charge on any atom is -0.363 e. The standard InChI is InChI=1S/C15H18N4O2/c1-15(9-17-10-15)21-8-14(20)18-12-3-2-4-13(7-12)19-6-5-16-11-19/h2-7,11,17H,8-10H2,1H3,(H,18,20). The van der Waals surface area contributed by atoms with Gasteiger partial charge >= 0.3 is 0 Å². The van der Waals surface area contributed by atoms with Gasteiger partial charge in [-0.05, 0) is 25.1 Å². The van der Waals surface area contributed by atoms with Crippen LogP contribution in [-0.4, -0.2) is 40.8 Å². The van der Waals surface area contributed by atoms with Crippen LogP contribution in [0.1, 0.15) is 6.92 Å². The maximum absolute atomic E-state index is 11.9. The molecule has 2 N–H and O–H groups in total. The van der Waals surface area contributed by atoms with Crippen molar-refractivity contribution in [1.82, 2.24) is 14.9 Å².